The summed E-state index contributed by atoms with van der Waals surface area (Å²) in [7, 11) is 0. The molecule has 108 valence electrons. The molecule has 2 aromatic rings. The molecule has 0 radical (unpaired) electrons. The number of para-hydroxylation sites is 1. The molecule has 21 heavy (non-hydrogen) atoms. The van der Waals surface area contributed by atoms with Gasteiger partial charge in [0.25, 0.3) is 0 Å². The van der Waals surface area contributed by atoms with E-state index < -0.39 is 11.9 Å². The van der Waals surface area contributed by atoms with Gasteiger partial charge in [0.1, 0.15) is 0 Å². The highest BCUT2D eigenvalue weighted by atomic mass is 16.5. The number of nitrogens with one attached hydrogen (secondary N) is 1. The van der Waals surface area contributed by atoms with Crippen LogP contribution in [0.1, 0.15) is 27.6 Å². The van der Waals surface area contributed by atoms with Crippen LogP contribution in [0, 0.1) is 0 Å². The monoisotopic (exact) mass is 285 g/mol. The van der Waals surface area contributed by atoms with Gasteiger partial charge in [0.2, 0.25) is 0 Å². The van der Waals surface area contributed by atoms with Gasteiger partial charge in [-0.1, -0.05) is 12.1 Å². The second-order valence-electron chi connectivity index (χ2n) is 4.27. The predicted molar refractivity (Wildman–Crippen MR) is 79.1 cm³/mol. The Balaban J connectivity index is 2.23. The molecule has 2 rings (SSSR count). The number of carbonyl (C=O) groups is 2. The first-order chi connectivity index (χ1) is 10.1. The van der Waals surface area contributed by atoms with Crippen molar-refractivity contribution in [3.8, 4) is 0 Å². The Hall–Kier alpha value is -2.82. The van der Waals surface area contributed by atoms with Crippen LogP contribution in [0.25, 0.3) is 0 Å². The third-order valence-electron chi connectivity index (χ3n) is 2.83. The molecule has 0 saturated carbocycles. The molecule has 0 saturated heterocycles. The van der Waals surface area contributed by atoms with Crippen molar-refractivity contribution in [2.75, 3.05) is 11.9 Å². The van der Waals surface area contributed by atoms with Crippen molar-refractivity contribution in [2.24, 2.45) is 0 Å². The molecule has 2 N–H and O–H groups in total. The molecular weight excluding hydrogens is 270 g/mol. The average Bonchev–Trinajstić information content (AvgIpc) is 2.48. The standard InChI is InChI=1S/C16H15NO4/c1-2-21-16(20)13-5-3-4-6-14(13)17-12-9-7-11(8-10-12)15(18)19/h3-10,17H,2H2,1H3,(H,18,19). The lowest BCUT2D eigenvalue weighted by molar-refractivity contribution is 0.0527. The van der Waals surface area contributed by atoms with Gasteiger partial charge in [-0.05, 0) is 43.3 Å². The number of carboxylic acids is 1. The Morgan fingerprint density at radius 1 is 1.10 bits per heavy atom. The zero-order valence-corrected chi connectivity index (χ0v) is 11.5. The van der Waals surface area contributed by atoms with E-state index in [1.54, 1.807) is 43.3 Å². The molecule has 0 atom stereocenters. The van der Waals surface area contributed by atoms with Crippen LogP contribution in [-0.2, 0) is 4.74 Å². The maximum Gasteiger partial charge on any atom is 0.340 e. The highest BCUT2D eigenvalue weighted by molar-refractivity contribution is 5.96. The first-order valence-electron chi connectivity index (χ1n) is 6.48. The number of carboxylic acid groups (broad SMARTS) is 1. The zero-order chi connectivity index (χ0) is 15.2. The number of carbonyl (C=O) groups excluding carboxylic acids is 1. The molecule has 0 aliphatic carbocycles. The van der Waals surface area contributed by atoms with E-state index >= 15 is 0 Å². The molecule has 0 aliphatic heterocycles. The fraction of sp³-hybridized carbons (Fsp3) is 0.125. The van der Waals surface area contributed by atoms with E-state index in [1.807, 2.05) is 0 Å². The largest absolute Gasteiger partial charge is 0.478 e. The Labute approximate surface area is 122 Å². The highest BCUT2D eigenvalue weighted by Crippen LogP contribution is 2.22. The summed E-state index contributed by atoms with van der Waals surface area (Å²) in [6.45, 7) is 2.05. The Bertz CT molecular complexity index is 650. The summed E-state index contributed by atoms with van der Waals surface area (Å²) in [6, 6.07) is 13.3. The van der Waals surface area contributed by atoms with Gasteiger partial charge in [0.15, 0.2) is 0 Å². The summed E-state index contributed by atoms with van der Waals surface area (Å²) in [6.07, 6.45) is 0. The van der Waals surface area contributed by atoms with E-state index in [9.17, 15) is 9.59 Å². The molecule has 5 nitrogen and oxygen atoms in total. The van der Waals surface area contributed by atoms with Crippen LogP contribution in [-0.4, -0.2) is 23.7 Å². The number of hydrogen-bond acceptors (Lipinski definition) is 4. The maximum atomic E-state index is 11.9. The molecule has 0 spiro atoms. The number of rotatable bonds is 5. The minimum atomic E-state index is -0.978. The van der Waals surface area contributed by atoms with Gasteiger partial charge in [-0.25, -0.2) is 9.59 Å². The van der Waals surface area contributed by atoms with E-state index in [0.717, 1.165) is 0 Å². The molecule has 5 heteroatoms. The lowest BCUT2D eigenvalue weighted by Crippen LogP contribution is -2.07. The molecule has 0 unspecified atom stereocenters. The second kappa shape index (κ2) is 6.56. The van der Waals surface area contributed by atoms with Crippen LogP contribution in [0.2, 0.25) is 0 Å². The second-order valence-corrected chi connectivity index (χ2v) is 4.27. The van der Waals surface area contributed by atoms with E-state index in [-0.39, 0.29) is 5.56 Å². The van der Waals surface area contributed by atoms with Gasteiger partial charge in [-0.3, -0.25) is 0 Å². The van der Waals surface area contributed by atoms with Gasteiger partial charge in [-0.2, -0.15) is 0 Å². The third kappa shape index (κ3) is 3.60. The molecule has 0 fully saturated rings. The van der Waals surface area contributed by atoms with Crippen molar-refractivity contribution in [2.45, 2.75) is 6.92 Å². The van der Waals surface area contributed by atoms with E-state index in [0.29, 0.717) is 23.5 Å². The van der Waals surface area contributed by atoms with Gasteiger partial charge in [0.05, 0.1) is 23.4 Å². The lowest BCUT2D eigenvalue weighted by atomic mass is 10.1. The zero-order valence-electron chi connectivity index (χ0n) is 11.5. The summed E-state index contributed by atoms with van der Waals surface area (Å²) >= 11 is 0. The van der Waals surface area contributed by atoms with Crippen LogP contribution < -0.4 is 5.32 Å². The molecular formula is C16H15NO4. The van der Waals surface area contributed by atoms with Crippen LogP contribution in [0.15, 0.2) is 48.5 Å². The topological polar surface area (TPSA) is 75.6 Å². The summed E-state index contributed by atoms with van der Waals surface area (Å²) in [5, 5.41) is 11.9. The van der Waals surface area contributed by atoms with Crippen LogP contribution in [0.4, 0.5) is 11.4 Å². The van der Waals surface area contributed by atoms with Gasteiger partial charge >= 0.3 is 11.9 Å². The smallest absolute Gasteiger partial charge is 0.340 e. The Morgan fingerprint density at radius 3 is 2.38 bits per heavy atom. The number of ether oxygens (including phenoxy) is 1. The summed E-state index contributed by atoms with van der Waals surface area (Å²) in [5.41, 5.74) is 1.94. The van der Waals surface area contributed by atoms with Crippen LogP contribution in [0.3, 0.4) is 0 Å². The van der Waals surface area contributed by atoms with Crippen molar-refractivity contribution in [1.29, 1.82) is 0 Å². The van der Waals surface area contributed by atoms with Crippen molar-refractivity contribution in [3.63, 3.8) is 0 Å². The molecule has 0 aromatic heterocycles. The highest BCUT2D eigenvalue weighted by Gasteiger charge is 2.12. The molecule has 0 amide bonds. The SMILES string of the molecule is CCOC(=O)c1ccccc1Nc1ccc(C(=O)O)cc1. The molecule has 0 heterocycles. The van der Waals surface area contributed by atoms with Crippen molar-refractivity contribution in [1.82, 2.24) is 0 Å². The molecule has 2 aromatic carbocycles. The maximum absolute atomic E-state index is 11.9. The first kappa shape index (κ1) is 14.6. The van der Waals surface area contributed by atoms with Crippen molar-refractivity contribution >= 4 is 23.3 Å². The van der Waals surface area contributed by atoms with Crippen LogP contribution in [0.5, 0.6) is 0 Å². The Morgan fingerprint density at radius 2 is 1.76 bits per heavy atom. The Kier molecular flexibility index (Phi) is 4.56. The lowest BCUT2D eigenvalue weighted by Gasteiger charge is -2.11. The van der Waals surface area contributed by atoms with Gasteiger partial charge < -0.3 is 15.2 Å². The number of anilines is 2. The van der Waals surface area contributed by atoms with E-state index in [4.69, 9.17) is 9.84 Å². The van der Waals surface area contributed by atoms with Crippen LogP contribution >= 0.6 is 0 Å². The van der Waals surface area contributed by atoms with E-state index in [2.05, 4.69) is 5.32 Å². The van der Waals surface area contributed by atoms with Crippen molar-refractivity contribution < 1.29 is 19.4 Å². The first-order valence-corrected chi connectivity index (χ1v) is 6.48. The number of esters is 1. The minimum absolute atomic E-state index is 0.208. The summed E-state index contributed by atoms with van der Waals surface area (Å²) in [4.78, 5) is 22.7. The predicted octanol–water partition coefficient (Wildman–Crippen LogP) is 3.31. The number of hydrogen-bond donors (Lipinski definition) is 2. The number of aromatic carboxylic acids is 1. The number of benzene rings is 2. The third-order valence-corrected chi connectivity index (χ3v) is 2.83. The fourth-order valence-corrected chi connectivity index (χ4v) is 1.83. The van der Waals surface area contributed by atoms with Crippen molar-refractivity contribution in [3.05, 3.63) is 59.7 Å². The average molecular weight is 285 g/mol. The summed E-state index contributed by atoms with van der Waals surface area (Å²) in [5.74, 6) is -1.38. The normalized spacial score (nSPS) is 9.95. The molecule has 0 aliphatic rings. The van der Waals surface area contributed by atoms with Gasteiger partial charge in [0, 0.05) is 5.69 Å². The fourth-order valence-electron chi connectivity index (χ4n) is 1.83. The quantitative estimate of drug-likeness (QED) is 0.824. The van der Waals surface area contributed by atoms with Gasteiger partial charge in [-0.15, -0.1) is 0 Å². The summed E-state index contributed by atoms with van der Waals surface area (Å²) < 4.78 is 5.00. The molecule has 0 bridgehead atoms. The van der Waals surface area contributed by atoms with E-state index in [1.165, 1.54) is 12.1 Å². The minimum Gasteiger partial charge on any atom is -0.478 e.